The number of halogens is 2. The van der Waals surface area contributed by atoms with Crippen LogP contribution in [-0.4, -0.2) is 48.1 Å². The number of fused-ring (bicyclic) bond motifs is 1. The third-order valence-electron chi connectivity index (χ3n) is 4.93. The van der Waals surface area contributed by atoms with Gasteiger partial charge in [0, 0.05) is 53.2 Å². The second-order valence-corrected chi connectivity index (χ2v) is 8.91. The van der Waals surface area contributed by atoms with Crippen LogP contribution in [-0.2, 0) is 9.59 Å². The van der Waals surface area contributed by atoms with Crippen LogP contribution in [0.25, 0.3) is 0 Å². The minimum absolute atomic E-state index is 0.0100. The Morgan fingerprint density at radius 3 is 2.57 bits per heavy atom. The van der Waals surface area contributed by atoms with Crippen molar-refractivity contribution in [2.24, 2.45) is 0 Å². The van der Waals surface area contributed by atoms with Crippen LogP contribution in [0.5, 0.6) is 0 Å². The lowest BCUT2D eigenvalue weighted by Gasteiger charge is -2.37. The molecule has 2 heterocycles. The maximum atomic E-state index is 12.7. The van der Waals surface area contributed by atoms with Gasteiger partial charge in [-0.15, -0.1) is 11.8 Å². The molecule has 1 atom stereocenters. The summed E-state index contributed by atoms with van der Waals surface area (Å²) in [6, 6.07) is 13.1. The molecule has 0 radical (unpaired) electrons. The van der Waals surface area contributed by atoms with Crippen molar-refractivity contribution in [1.82, 2.24) is 4.90 Å². The number of thioether (sulfide) groups is 1. The molecule has 0 aliphatic carbocycles. The fourth-order valence-corrected chi connectivity index (χ4v) is 4.87. The number of rotatable bonds is 3. The monoisotopic (exact) mass is 435 g/mol. The fourth-order valence-electron chi connectivity index (χ4n) is 3.43. The number of nitrogens with one attached hydrogen (secondary N) is 1. The summed E-state index contributed by atoms with van der Waals surface area (Å²) in [6.45, 7) is 2.77. The number of hydrogen-bond acceptors (Lipinski definition) is 4. The van der Waals surface area contributed by atoms with E-state index in [1.165, 1.54) is 11.8 Å². The highest BCUT2D eigenvalue weighted by Crippen LogP contribution is 2.38. The van der Waals surface area contributed by atoms with Crippen LogP contribution < -0.4 is 10.2 Å². The van der Waals surface area contributed by atoms with Gasteiger partial charge >= 0.3 is 0 Å². The molecule has 4 rings (SSSR count). The highest BCUT2D eigenvalue weighted by molar-refractivity contribution is 8.01. The van der Waals surface area contributed by atoms with Crippen molar-refractivity contribution in [3.05, 3.63) is 52.5 Å². The maximum absolute atomic E-state index is 12.7. The van der Waals surface area contributed by atoms with Crippen molar-refractivity contribution < 1.29 is 9.59 Å². The van der Waals surface area contributed by atoms with E-state index in [0.717, 1.165) is 23.7 Å². The van der Waals surface area contributed by atoms with Gasteiger partial charge in [-0.1, -0.05) is 29.3 Å². The molecule has 1 N–H and O–H groups in total. The number of piperazine rings is 1. The third kappa shape index (κ3) is 4.24. The van der Waals surface area contributed by atoms with Crippen LogP contribution >= 0.6 is 35.0 Å². The molecule has 8 heteroatoms. The molecule has 2 aromatic rings. The quantitative estimate of drug-likeness (QED) is 0.786. The van der Waals surface area contributed by atoms with Crippen LogP contribution in [0.3, 0.4) is 0 Å². The summed E-state index contributed by atoms with van der Waals surface area (Å²) in [6.07, 6.45) is 0.190. The third-order valence-corrected chi connectivity index (χ3v) is 6.67. The van der Waals surface area contributed by atoms with Crippen molar-refractivity contribution in [2.75, 3.05) is 36.4 Å². The van der Waals surface area contributed by atoms with Gasteiger partial charge in [0.1, 0.15) is 0 Å². The topological polar surface area (TPSA) is 52.7 Å². The van der Waals surface area contributed by atoms with Gasteiger partial charge in [0.15, 0.2) is 0 Å². The fraction of sp³-hybridized carbons (Fsp3) is 0.300. The summed E-state index contributed by atoms with van der Waals surface area (Å²) < 4.78 is 0. The van der Waals surface area contributed by atoms with Gasteiger partial charge in [0.05, 0.1) is 10.9 Å². The zero-order chi connectivity index (χ0) is 19.7. The number of hydrogen-bond donors (Lipinski definition) is 1. The standard InChI is InChI=1S/C20H19Cl2N3O2S/c21-13-2-1-3-15(10-13)24-6-8-25(9-7-24)19(26)12-18-20(27)23-16-11-14(22)4-5-17(16)28-18/h1-5,10-11,18H,6-9,12H2,(H,23,27). The number of amides is 2. The van der Waals surface area contributed by atoms with Crippen molar-refractivity contribution >= 4 is 58.2 Å². The average Bonchev–Trinajstić information content (AvgIpc) is 2.69. The molecule has 2 amide bonds. The van der Waals surface area contributed by atoms with Gasteiger partial charge in [-0.25, -0.2) is 0 Å². The number of anilines is 2. The first-order chi connectivity index (χ1) is 13.5. The second kappa shape index (κ2) is 8.23. The van der Waals surface area contributed by atoms with Gasteiger partial charge < -0.3 is 15.1 Å². The van der Waals surface area contributed by atoms with E-state index in [0.29, 0.717) is 28.8 Å². The summed E-state index contributed by atoms with van der Waals surface area (Å²) in [7, 11) is 0. The SMILES string of the molecule is O=C1Nc2cc(Cl)ccc2SC1CC(=O)N1CCN(c2cccc(Cl)c2)CC1. The molecular weight excluding hydrogens is 417 g/mol. The van der Waals surface area contributed by atoms with E-state index >= 15 is 0 Å². The Morgan fingerprint density at radius 1 is 1.07 bits per heavy atom. The Balaban J connectivity index is 1.35. The number of nitrogens with zero attached hydrogens (tertiary/aromatic N) is 2. The minimum Gasteiger partial charge on any atom is -0.368 e. The highest BCUT2D eigenvalue weighted by atomic mass is 35.5. The molecule has 5 nitrogen and oxygen atoms in total. The first-order valence-electron chi connectivity index (χ1n) is 9.05. The summed E-state index contributed by atoms with van der Waals surface area (Å²) in [4.78, 5) is 30.1. The molecule has 1 saturated heterocycles. The minimum atomic E-state index is -0.424. The zero-order valence-electron chi connectivity index (χ0n) is 15.0. The van der Waals surface area contributed by atoms with Crippen molar-refractivity contribution in [1.29, 1.82) is 0 Å². The maximum Gasteiger partial charge on any atom is 0.238 e. The van der Waals surface area contributed by atoms with E-state index in [4.69, 9.17) is 23.2 Å². The summed E-state index contributed by atoms with van der Waals surface area (Å²) in [5.74, 6) is -0.138. The van der Waals surface area contributed by atoms with Gasteiger partial charge in [-0.2, -0.15) is 0 Å². The largest absolute Gasteiger partial charge is 0.368 e. The van der Waals surface area contributed by atoms with Crippen LogP contribution in [0.2, 0.25) is 10.0 Å². The van der Waals surface area contributed by atoms with Crippen molar-refractivity contribution in [3.63, 3.8) is 0 Å². The molecule has 2 aromatic carbocycles. The predicted octanol–water partition coefficient (Wildman–Crippen LogP) is 4.15. The first-order valence-corrected chi connectivity index (χ1v) is 10.7. The van der Waals surface area contributed by atoms with Crippen LogP contribution in [0.1, 0.15) is 6.42 Å². The molecule has 0 saturated carbocycles. The van der Waals surface area contributed by atoms with Crippen molar-refractivity contribution in [3.8, 4) is 0 Å². The number of benzene rings is 2. The molecule has 2 aliphatic rings. The molecule has 0 aromatic heterocycles. The van der Waals surface area contributed by atoms with Crippen LogP contribution in [0.4, 0.5) is 11.4 Å². The average molecular weight is 436 g/mol. The highest BCUT2D eigenvalue weighted by Gasteiger charge is 2.31. The van der Waals surface area contributed by atoms with Gasteiger partial charge in [0.2, 0.25) is 11.8 Å². The Labute approximate surface area is 178 Å². The Bertz CT molecular complexity index is 916. The Morgan fingerprint density at radius 2 is 1.82 bits per heavy atom. The molecule has 1 fully saturated rings. The first kappa shape index (κ1) is 19.4. The van der Waals surface area contributed by atoms with Crippen molar-refractivity contribution in [2.45, 2.75) is 16.6 Å². The molecule has 0 bridgehead atoms. The lowest BCUT2D eigenvalue weighted by atomic mass is 10.2. The van der Waals surface area contributed by atoms with Crippen LogP contribution in [0.15, 0.2) is 47.4 Å². The van der Waals surface area contributed by atoms with Gasteiger partial charge in [-0.3, -0.25) is 9.59 Å². The Kier molecular flexibility index (Phi) is 5.71. The van der Waals surface area contributed by atoms with Crippen LogP contribution in [0, 0.1) is 0 Å². The predicted molar refractivity (Wildman–Crippen MR) is 115 cm³/mol. The van der Waals surface area contributed by atoms with E-state index in [9.17, 15) is 9.59 Å². The van der Waals surface area contributed by atoms with E-state index < -0.39 is 5.25 Å². The molecule has 1 unspecified atom stereocenters. The van der Waals surface area contributed by atoms with E-state index in [1.807, 2.05) is 35.2 Å². The molecule has 28 heavy (non-hydrogen) atoms. The summed E-state index contributed by atoms with van der Waals surface area (Å²) in [5, 5.41) is 3.72. The smallest absolute Gasteiger partial charge is 0.238 e. The summed E-state index contributed by atoms with van der Waals surface area (Å²) >= 11 is 13.5. The molecule has 0 spiro atoms. The summed E-state index contributed by atoms with van der Waals surface area (Å²) in [5.41, 5.74) is 1.78. The Hall–Kier alpha value is -1.89. The van der Waals surface area contributed by atoms with E-state index in [2.05, 4.69) is 10.2 Å². The lowest BCUT2D eigenvalue weighted by molar-refractivity contribution is -0.132. The van der Waals surface area contributed by atoms with Gasteiger partial charge in [0.25, 0.3) is 0 Å². The number of carbonyl (C=O) groups excluding carboxylic acids is 2. The zero-order valence-corrected chi connectivity index (χ0v) is 17.4. The second-order valence-electron chi connectivity index (χ2n) is 6.79. The molecule has 146 valence electrons. The van der Waals surface area contributed by atoms with E-state index in [1.54, 1.807) is 12.1 Å². The molecule has 2 aliphatic heterocycles. The van der Waals surface area contributed by atoms with E-state index in [-0.39, 0.29) is 18.2 Å². The lowest BCUT2D eigenvalue weighted by Crippen LogP contribution is -2.49. The number of carbonyl (C=O) groups is 2. The van der Waals surface area contributed by atoms with Gasteiger partial charge in [-0.05, 0) is 36.4 Å². The molecular formula is C20H19Cl2N3O2S. The normalized spacial score (nSPS) is 19.2.